The molecule has 178 valence electrons. The smallest absolute Gasteiger partial charge is 0.404 e. The number of ether oxygens (including phenoxy) is 2. The van der Waals surface area contributed by atoms with Gasteiger partial charge in [-0.25, -0.2) is 4.79 Å². The number of phenols is 3. The SMILES string of the molecule is CO[C@@]12[C@H](COC(N)=O)c3c(O)c(N=NC(=O)c4ccccc4O)c(C)c(O)c3N1C[C@@H]1N[C@@H]12. The van der Waals surface area contributed by atoms with Gasteiger partial charge in [-0.15, -0.1) is 10.2 Å². The van der Waals surface area contributed by atoms with Gasteiger partial charge in [0.2, 0.25) is 0 Å². The van der Waals surface area contributed by atoms with Crippen LogP contribution in [0.2, 0.25) is 0 Å². The second-order valence-corrected chi connectivity index (χ2v) is 8.46. The Morgan fingerprint density at radius 1 is 1.26 bits per heavy atom. The number of aromatic hydroxyl groups is 3. The van der Waals surface area contributed by atoms with E-state index in [4.69, 9.17) is 15.2 Å². The number of anilines is 1. The van der Waals surface area contributed by atoms with E-state index in [-0.39, 0.29) is 58.3 Å². The number of primary amides is 1. The molecule has 2 amide bonds. The van der Waals surface area contributed by atoms with E-state index in [2.05, 4.69) is 15.5 Å². The molecule has 12 nitrogen and oxygen atoms in total. The van der Waals surface area contributed by atoms with Crippen LogP contribution in [0.1, 0.15) is 27.4 Å². The summed E-state index contributed by atoms with van der Waals surface area (Å²) in [5.74, 6) is -2.31. The normalized spacial score (nSPS) is 26.3. The summed E-state index contributed by atoms with van der Waals surface area (Å²) in [7, 11) is 1.51. The molecule has 2 fully saturated rings. The zero-order chi connectivity index (χ0) is 24.4. The van der Waals surface area contributed by atoms with Crippen molar-refractivity contribution in [1.29, 1.82) is 0 Å². The summed E-state index contributed by atoms with van der Waals surface area (Å²) in [4.78, 5) is 25.7. The van der Waals surface area contributed by atoms with Crippen molar-refractivity contribution in [3.05, 3.63) is 41.0 Å². The van der Waals surface area contributed by atoms with Crippen molar-refractivity contribution in [2.45, 2.75) is 30.7 Å². The molecule has 0 bridgehead atoms. The molecule has 34 heavy (non-hydrogen) atoms. The molecule has 0 spiro atoms. The van der Waals surface area contributed by atoms with E-state index < -0.39 is 23.6 Å². The van der Waals surface area contributed by atoms with E-state index in [1.165, 1.54) is 26.2 Å². The molecule has 2 aromatic rings. The maximum absolute atomic E-state index is 12.5. The number of amides is 2. The highest BCUT2D eigenvalue weighted by atomic mass is 16.6. The van der Waals surface area contributed by atoms with Gasteiger partial charge in [-0.3, -0.25) is 4.79 Å². The largest absolute Gasteiger partial charge is 0.507 e. The first-order chi connectivity index (χ1) is 16.2. The number of carbonyl (C=O) groups excluding carboxylic acids is 2. The number of piperazine rings is 1. The molecule has 0 unspecified atom stereocenters. The predicted molar refractivity (Wildman–Crippen MR) is 118 cm³/mol. The Kier molecular flexibility index (Phi) is 4.88. The van der Waals surface area contributed by atoms with Crippen LogP contribution in [0.3, 0.4) is 0 Å². The molecule has 0 saturated carbocycles. The highest BCUT2D eigenvalue weighted by Crippen LogP contribution is 2.64. The Hall–Kier alpha value is -3.90. The molecule has 0 aromatic heterocycles. The van der Waals surface area contributed by atoms with E-state index in [9.17, 15) is 24.9 Å². The maximum Gasteiger partial charge on any atom is 0.404 e. The van der Waals surface area contributed by atoms with E-state index >= 15 is 0 Å². The fourth-order valence-corrected chi connectivity index (χ4v) is 5.24. The standard InChI is InChI=1S/C22H23N5O7/c1-9-15(25-26-20(31)10-5-3-4-6-13(10)28)18(30)14-11(8-34-21(23)32)22(33-2)19-12(24-19)7-27(22)16(14)17(9)29/h3-6,11-12,19,24,28-30H,7-8H2,1-2H3,(H2,23,32)/t11-,12+,19+,22-/m1/s1. The van der Waals surface area contributed by atoms with E-state index in [1.54, 1.807) is 12.1 Å². The number of hydrogen-bond acceptors (Lipinski definition) is 10. The third-order valence-corrected chi connectivity index (χ3v) is 6.82. The summed E-state index contributed by atoms with van der Waals surface area (Å²) in [6, 6.07) is 5.83. The molecule has 6 N–H and O–H groups in total. The minimum atomic E-state index is -1.04. The van der Waals surface area contributed by atoms with Crippen molar-refractivity contribution >= 4 is 23.4 Å². The minimum Gasteiger partial charge on any atom is -0.507 e. The first-order valence-electron chi connectivity index (χ1n) is 10.6. The summed E-state index contributed by atoms with van der Waals surface area (Å²) in [5.41, 5.74) is 4.75. The van der Waals surface area contributed by atoms with Crippen molar-refractivity contribution in [3.8, 4) is 17.2 Å². The Balaban J connectivity index is 1.61. The lowest BCUT2D eigenvalue weighted by atomic mass is 9.88. The van der Waals surface area contributed by atoms with Crippen molar-refractivity contribution in [2.24, 2.45) is 16.0 Å². The van der Waals surface area contributed by atoms with Gasteiger partial charge in [0.25, 0.3) is 5.91 Å². The zero-order valence-electron chi connectivity index (χ0n) is 18.3. The third-order valence-electron chi connectivity index (χ3n) is 6.82. The van der Waals surface area contributed by atoms with Gasteiger partial charge >= 0.3 is 6.09 Å². The van der Waals surface area contributed by atoms with Crippen molar-refractivity contribution < 1.29 is 34.4 Å². The van der Waals surface area contributed by atoms with Crippen LogP contribution in [0.25, 0.3) is 0 Å². The molecule has 0 radical (unpaired) electrons. The van der Waals surface area contributed by atoms with Gasteiger partial charge in [0.15, 0.2) is 5.72 Å². The number of azo groups is 1. The summed E-state index contributed by atoms with van der Waals surface area (Å²) < 4.78 is 11.0. The van der Waals surface area contributed by atoms with Gasteiger partial charge in [-0.2, -0.15) is 0 Å². The summed E-state index contributed by atoms with van der Waals surface area (Å²) in [6.07, 6.45) is -0.992. The number of nitrogens with one attached hydrogen (secondary N) is 1. The van der Waals surface area contributed by atoms with Crippen LogP contribution < -0.4 is 16.0 Å². The number of nitrogens with zero attached hydrogens (tertiary/aromatic N) is 3. The van der Waals surface area contributed by atoms with Crippen LogP contribution in [0, 0.1) is 6.92 Å². The molecule has 3 aliphatic heterocycles. The molecule has 0 aliphatic carbocycles. The van der Waals surface area contributed by atoms with Crippen LogP contribution in [-0.2, 0) is 9.47 Å². The summed E-state index contributed by atoms with van der Waals surface area (Å²) in [6.45, 7) is 1.81. The number of benzene rings is 2. The first kappa shape index (κ1) is 21.9. The van der Waals surface area contributed by atoms with Gasteiger partial charge in [-0.1, -0.05) is 12.1 Å². The Bertz CT molecular complexity index is 1250. The number of rotatable bonds is 5. The van der Waals surface area contributed by atoms with Gasteiger partial charge in [0, 0.05) is 30.8 Å². The minimum absolute atomic E-state index is 0.0636. The van der Waals surface area contributed by atoms with Crippen molar-refractivity contribution in [2.75, 3.05) is 25.2 Å². The molecule has 3 heterocycles. The Morgan fingerprint density at radius 2 is 2.00 bits per heavy atom. The van der Waals surface area contributed by atoms with Gasteiger partial charge in [0.05, 0.1) is 23.2 Å². The Labute approximate surface area is 193 Å². The van der Waals surface area contributed by atoms with Crippen LogP contribution >= 0.6 is 0 Å². The first-order valence-corrected chi connectivity index (χ1v) is 10.6. The lowest BCUT2D eigenvalue weighted by Gasteiger charge is -2.38. The average Bonchev–Trinajstić information content (AvgIpc) is 3.42. The number of hydrogen-bond donors (Lipinski definition) is 5. The molecule has 4 atom stereocenters. The Morgan fingerprint density at radius 3 is 2.68 bits per heavy atom. The van der Waals surface area contributed by atoms with E-state index in [0.29, 0.717) is 12.2 Å². The molecule has 3 aliphatic rings. The van der Waals surface area contributed by atoms with Crippen LogP contribution in [0.4, 0.5) is 16.2 Å². The van der Waals surface area contributed by atoms with Gasteiger partial charge in [-0.05, 0) is 19.1 Å². The lowest BCUT2D eigenvalue weighted by molar-refractivity contribution is -0.0337. The van der Waals surface area contributed by atoms with Crippen LogP contribution in [0.15, 0.2) is 34.5 Å². The number of phenolic OH excluding ortho intramolecular Hbond substituents is 3. The lowest BCUT2D eigenvalue weighted by Crippen LogP contribution is -2.54. The van der Waals surface area contributed by atoms with E-state index in [1.807, 2.05) is 4.90 Å². The maximum atomic E-state index is 12.5. The summed E-state index contributed by atoms with van der Waals surface area (Å²) >= 11 is 0. The van der Waals surface area contributed by atoms with E-state index in [0.717, 1.165) is 0 Å². The number of methoxy groups -OCH3 is 1. The summed E-state index contributed by atoms with van der Waals surface area (Å²) in [5, 5.41) is 43.1. The fourth-order valence-electron chi connectivity index (χ4n) is 5.24. The quantitative estimate of drug-likeness (QED) is 0.247. The number of nitrogens with two attached hydrogens (primary N) is 1. The highest BCUT2D eigenvalue weighted by Gasteiger charge is 2.71. The third kappa shape index (κ3) is 2.92. The molecular formula is C22H23N5O7. The number of fused-ring (bicyclic) bond motifs is 5. The molecule has 2 saturated heterocycles. The zero-order valence-corrected chi connectivity index (χ0v) is 18.3. The topological polar surface area (TPSA) is 189 Å². The number of carbonyl (C=O) groups is 2. The second-order valence-electron chi connectivity index (χ2n) is 8.46. The average molecular weight is 469 g/mol. The van der Waals surface area contributed by atoms with Gasteiger partial charge < -0.3 is 40.7 Å². The highest BCUT2D eigenvalue weighted by molar-refractivity contribution is 5.97. The van der Waals surface area contributed by atoms with Crippen molar-refractivity contribution in [1.82, 2.24) is 5.32 Å². The fraction of sp³-hybridized carbons (Fsp3) is 0.364. The molecule has 12 heteroatoms. The van der Waals surface area contributed by atoms with Crippen LogP contribution in [0.5, 0.6) is 17.2 Å². The monoisotopic (exact) mass is 469 g/mol. The van der Waals surface area contributed by atoms with Crippen LogP contribution in [-0.4, -0.2) is 65.4 Å². The molecular weight excluding hydrogens is 446 g/mol. The molecule has 2 aromatic carbocycles. The predicted octanol–water partition coefficient (Wildman–Crippen LogP) is 1.73. The number of para-hydroxylation sites is 1. The molecule has 5 rings (SSSR count). The second kappa shape index (κ2) is 7.57. The van der Waals surface area contributed by atoms with Crippen molar-refractivity contribution in [3.63, 3.8) is 0 Å². The van der Waals surface area contributed by atoms with Gasteiger partial charge in [0.1, 0.15) is 29.5 Å².